The third kappa shape index (κ3) is 5.31. The monoisotopic (exact) mass is 378 g/mol. The quantitative estimate of drug-likeness (QED) is 0.558. The van der Waals surface area contributed by atoms with Gasteiger partial charge in [-0.25, -0.2) is 0 Å². The third-order valence-electron chi connectivity index (χ3n) is 5.91. The first-order valence-corrected chi connectivity index (χ1v) is 10.3. The molecule has 0 spiro atoms. The van der Waals surface area contributed by atoms with Crippen molar-refractivity contribution in [2.24, 2.45) is 11.3 Å². The van der Waals surface area contributed by atoms with Gasteiger partial charge < -0.3 is 4.74 Å². The highest BCUT2D eigenvalue weighted by Gasteiger charge is 2.37. The molecule has 1 fully saturated rings. The number of hydrogen-bond acceptors (Lipinski definition) is 3. The third-order valence-corrected chi connectivity index (χ3v) is 5.91. The van der Waals surface area contributed by atoms with Crippen molar-refractivity contribution in [1.29, 1.82) is 0 Å². The van der Waals surface area contributed by atoms with Crippen LogP contribution in [-0.2, 0) is 20.9 Å². The summed E-state index contributed by atoms with van der Waals surface area (Å²) in [5, 5.41) is 0. The number of hydrogen-bond donors (Lipinski definition) is 0. The lowest BCUT2D eigenvalue weighted by Crippen LogP contribution is -2.35. The van der Waals surface area contributed by atoms with E-state index in [1.807, 2.05) is 30.3 Å². The van der Waals surface area contributed by atoms with E-state index in [1.165, 1.54) is 5.56 Å². The molecule has 148 valence electrons. The van der Waals surface area contributed by atoms with Gasteiger partial charge in [-0.3, -0.25) is 9.59 Å². The summed E-state index contributed by atoms with van der Waals surface area (Å²) in [6, 6.07) is 18.3. The van der Waals surface area contributed by atoms with Crippen molar-refractivity contribution in [3.8, 4) is 11.1 Å². The molecule has 0 aliphatic heterocycles. The van der Waals surface area contributed by atoms with Crippen LogP contribution in [0.3, 0.4) is 0 Å². The molecule has 0 amide bonds. The summed E-state index contributed by atoms with van der Waals surface area (Å²) in [7, 11) is 0. The zero-order chi connectivity index (χ0) is 20.0. The topological polar surface area (TPSA) is 43.4 Å². The number of Topliss-reactive ketones (excluding diaryl/α,β-unsaturated/α-hetero) is 1. The minimum atomic E-state index is -0.187. The molecular formula is C25H30O3. The number of rotatable bonds is 7. The van der Waals surface area contributed by atoms with Gasteiger partial charge in [0.2, 0.25) is 0 Å². The molecule has 1 aliphatic rings. The van der Waals surface area contributed by atoms with Gasteiger partial charge in [0.1, 0.15) is 12.4 Å². The molecule has 3 rings (SSSR count). The summed E-state index contributed by atoms with van der Waals surface area (Å²) in [4.78, 5) is 24.3. The number of esters is 1. The maximum absolute atomic E-state index is 12.2. The molecule has 0 saturated heterocycles. The van der Waals surface area contributed by atoms with Crippen molar-refractivity contribution >= 4 is 11.8 Å². The average Bonchev–Trinajstić information content (AvgIpc) is 2.69. The predicted molar refractivity (Wildman–Crippen MR) is 112 cm³/mol. The van der Waals surface area contributed by atoms with Crippen LogP contribution >= 0.6 is 0 Å². The van der Waals surface area contributed by atoms with Crippen LogP contribution in [0.5, 0.6) is 0 Å². The molecule has 0 heterocycles. The Morgan fingerprint density at radius 1 is 1.04 bits per heavy atom. The van der Waals surface area contributed by atoms with Crippen molar-refractivity contribution in [2.45, 2.75) is 59.0 Å². The van der Waals surface area contributed by atoms with Crippen molar-refractivity contribution < 1.29 is 14.3 Å². The SMILES string of the molecule is CC1(C)CCCC(=O)C1CCCC(=O)OCc1ccc(-c2ccccc2)cc1. The summed E-state index contributed by atoms with van der Waals surface area (Å²) in [5.74, 6) is 0.260. The van der Waals surface area contributed by atoms with Gasteiger partial charge in [-0.2, -0.15) is 0 Å². The molecule has 3 heteroatoms. The zero-order valence-electron chi connectivity index (χ0n) is 16.9. The molecular weight excluding hydrogens is 348 g/mol. The predicted octanol–water partition coefficient (Wildman–Crippen LogP) is 5.96. The second-order valence-electron chi connectivity index (χ2n) is 8.48. The normalized spacial score (nSPS) is 18.6. The minimum Gasteiger partial charge on any atom is -0.461 e. The van der Waals surface area contributed by atoms with Gasteiger partial charge in [0.05, 0.1) is 0 Å². The lowest BCUT2D eigenvalue weighted by Gasteiger charge is -2.37. The molecule has 0 bridgehead atoms. The van der Waals surface area contributed by atoms with Crippen molar-refractivity contribution in [3.63, 3.8) is 0 Å². The average molecular weight is 379 g/mol. The van der Waals surface area contributed by atoms with Crippen LogP contribution in [0.2, 0.25) is 0 Å². The second-order valence-corrected chi connectivity index (χ2v) is 8.48. The van der Waals surface area contributed by atoms with Crippen molar-refractivity contribution in [2.75, 3.05) is 0 Å². The van der Waals surface area contributed by atoms with Gasteiger partial charge in [0.25, 0.3) is 0 Å². The molecule has 1 atom stereocenters. The maximum Gasteiger partial charge on any atom is 0.306 e. The van der Waals surface area contributed by atoms with Crippen LogP contribution in [0.15, 0.2) is 54.6 Å². The van der Waals surface area contributed by atoms with Crippen molar-refractivity contribution in [3.05, 3.63) is 60.2 Å². The standard InChI is InChI=1S/C25H30O3/c1-25(2)17-7-11-23(26)22(25)10-6-12-24(27)28-18-19-13-15-21(16-14-19)20-8-4-3-5-9-20/h3-5,8-9,13-16,22H,6-7,10-12,17-18H2,1-2H3. The number of ether oxygens (including phenoxy) is 1. The molecule has 1 aliphatic carbocycles. The summed E-state index contributed by atoms with van der Waals surface area (Å²) >= 11 is 0. The highest BCUT2D eigenvalue weighted by Crippen LogP contribution is 2.41. The van der Waals surface area contributed by atoms with E-state index in [2.05, 4.69) is 38.1 Å². The Balaban J connectivity index is 1.42. The van der Waals surface area contributed by atoms with Gasteiger partial charge in [0, 0.05) is 18.8 Å². The Kier molecular flexibility index (Phi) is 6.66. The molecule has 0 aromatic heterocycles. The fourth-order valence-electron chi connectivity index (χ4n) is 4.16. The molecule has 3 nitrogen and oxygen atoms in total. The smallest absolute Gasteiger partial charge is 0.306 e. The largest absolute Gasteiger partial charge is 0.461 e. The van der Waals surface area contributed by atoms with Gasteiger partial charge >= 0.3 is 5.97 Å². The van der Waals surface area contributed by atoms with Gasteiger partial charge in [-0.05, 0) is 47.8 Å². The van der Waals surface area contributed by atoms with E-state index in [9.17, 15) is 9.59 Å². The van der Waals surface area contributed by atoms with E-state index in [1.54, 1.807) is 0 Å². The summed E-state index contributed by atoms with van der Waals surface area (Å²) in [6.07, 6.45) is 4.65. The highest BCUT2D eigenvalue weighted by atomic mass is 16.5. The Morgan fingerprint density at radius 3 is 2.39 bits per heavy atom. The van der Waals surface area contributed by atoms with Crippen LogP contribution in [0.1, 0.15) is 57.9 Å². The Bertz CT molecular complexity index is 790. The first-order valence-electron chi connectivity index (χ1n) is 10.3. The number of carbonyl (C=O) groups is 2. The number of benzene rings is 2. The first-order chi connectivity index (χ1) is 13.5. The Hall–Kier alpha value is -2.42. The van der Waals surface area contributed by atoms with Crippen LogP contribution < -0.4 is 0 Å². The van der Waals surface area contributed by atoms with Crippen molar-refractivity contribution in [1.82, 2.24) is 0 Å². The minimum absolute atomic E-state index is 0.0553. The molecule has 0 N–H and O–H groups in total. The lowest BCUT2D eigenvalue weighted by molar-refractivity contribution is -0.145. The van der Waals surface area contributed by atoms with Gasteiger partial charge in [-0.15, -0.1) is 0 Å². The molecule has 0 radical (unpaired) electrons. The molecule has 1 saturated carbocycles. The van der Waals surface area contributed by atoms with Gasteiger partial charge in [-0.1, -0.05) is 68.4 Å². The van der Waals surface area contributed by atoms with Crippen LogP contribution in [-0.4, -0.2) is 11.8 Å². The zero-order valence-corrected chi connectivity index (χ0v) is 16.9. The van der Waals surface area contributed by atoms with Gasteiger partial charge in [0.15, 0.2) is 0 Å². The van der Waals surface area contributed by atoms with E-state index in [0.29, 0.717) is 31.7 Å². The molecule has 1 unspecified atom stereocenters. The number of ketones is 1. The summed E-state index contributed by atoms with van der Waals surface area (Å²) in [6.45, 7) is 4.64. The van der Waals surface area contributed by atoms with Crippen LogP contribution in [0, 0.1) is 11.3 Å². The van der Waals surface area contributed by atoms with Crippen LogP contribution in [0.25, 0.3) is 11.1 Å². The summed E-state index contributed by atoms with van der Waals surface area (Å²) in [5.41, 5.74) is 3.36. The maximum atomic E-state index is 12.2. The highest BCUT2D eigenvalue weighted by molar-refractivity contribution is 5.82. The molecule has 28 heavy (non-hydrogen) atoms. The summed E-state index contributed by atoms with van der Waals surface area (Å²) < 4.78 is 5.42. The second kappa shape index (κ2) is 9.18. The molecule has 2 aromatic rings. The lowest BCUT2D eigenvalue weighted by atomic mass is 9.66. The van der Waals surface area contributed by atoms with E-state index in [0.717, 1.165) is 30.4 Å². The number of carbonyl (C=O) groups excluding carboxylic acids is 2. The van der Waals surface area contributed by atoms with Crippen LogP contribution in [0.4, 0.5) is 0 Å². The van der Waals surface area contributed by atoms with E-state index >= 15 is 0 Å². The Labute approximate surface area is 168 Å². The Morgan fingerprint density at radius 2 is 1.71 bits per heavy atom. The fraction of sp³-hybridized carbons (Fsp3) is 0.440. The molecule has 2 aromatic carbocycles. The first kappa shape index (κ1) is 20.3. The fourth-order valence-corrected chi connectivity index (χ4v) is 4.16. The van der Waals surface area contributed by atoms with E-state index in [-0.39, 0.29) is 17.3 Å². The van der Waals surface area contributed by atoms with E-state index in [4.69, 9.17) is 4.74 Å². The van der Waals surface area contributed by atoms with E-state index < -0.39 is 0 Å².